The van der Waals surface area contributed by atoms with Crippen LogP contribution in [0.4, 0.5) is 14.6 Å². The summed E-state index contributed by atoms with van der Waals surface area (Å²) in [5.41, 5.74) is 1.13. The highest BCUT2D eigenvalue weighted by Gasteiger charge is 2.31. The van der Waals surface area contributed by atoms with Crippen LogP contribution in [0.15, 0.2) is 55.1 Å². The summed E-state index contributed by atoms with van der Waals surface area (Å²) < 4.78 is 32.7. The van der Waals surface area contributed by atoms with E-state index in [4.69, 9.17) is 4.74 Å². The summed E-state index contributed by atoms with van der Waals surface area (Å²) in [6, 6.07) is 7.45. The molecule has 4 rings (SSSR count). The summed E-state index contributed by atoms with van der Waals surface area (Å²) >= 11 is 0. The molecule has 7 nitrogen and oxygen atoms in total. The van der Waals surface area contributed by atoms with Crippen LogP contribution in [-0.4, -0.2) is 15.9 Å². The normalized spacial score (nSPS) is 19.0. The lowest BCUT2D eigenvalue weighted by Crippen LogP contribution is -2.30. The lowest BCUT2D eigenvalue weighted by Gasteiger charge is -2.32. The Morgan fingerprint density at radius 3 is 2.67 bits per heavy atom. The second kappa shape index (κ2) is 9.89. The van der Waals surface area contributed by atoms with Crippen LogP contribution < -0.4 is 14.8 Å². The Kier molecular flexibility index (Phi) is 6.76. The Morgan fingerprint density at radius 1 is 1.18 bits per heavy atom. The largest absolute Gasteiger partial charge is 0.619 e. The molecular weight excluding hydrogens is 430 g/mol. The zero-order valence-electron chi connectivity index (χ0n) is 18.1. The Morgan fingerprint density at radius 2 is 1.97 bits per heavy atom. The second-order valence-corrected chi connectivity index (χ2v) is 8.31. The van der Waals surface area contributed by atoms with Crippen molar-refractivity contribution in [2.75, 3.05) is 5.32 Å². The summed E-state index contributed by atoms with van der Waals surface area (Å²) in [4.78, 5) is 20.5. The van der Waals surface area contributed by atoms with Crippen molar-refractivity contribution < 1.29 is 23.0 Å². The quantitative estimate of drug-likeness (QED) is 0.430. The highest BCUT2D eigenvalue weighted by Crippen LogP contribution is 2.39. The van der Waals surface area contributed by atoms with E-state index >= 15 is 0 Å². The van der Waals surface area contributed by atoms with Crippen LogP contribution in [0.25, 0.3) is 0 Å². The molecule has 1 N–H and O–H groups in total. The molecule has 9 heteroatoms. The van der Waals surface area contributed by atoms with E-state index in [1.807, 2.05) is 19.1 Å². The summed E-state index contributed by atoms with van der Waals surface area (Å²) in [6.45, 7) is 1.92. The average molecular weight is 454 g/mol. The van der Waals surface area contributed by atoms with Gasteiger partial charge in [0.25, 0.3) is 5.88 Å². The molecule has 0 radical (unpaired) electrons. The molecule has 1 fully saturated rings. The first-order valence-electron chi connectivity index (χ1n) is 10.8. The maximum atomic E-state index is 13.7. The van der Waals surface area contributed by atoms with Crippen LogP contribution >= 0.6 is 0 Å². The van der Waals surface area contributed by atoms with E-state index in [1.54, 1.807) is 6.07 Å². The Labute approximate surface area is 190 Å². The number of nitrogens with one attached hydrogen (secondary N) is 1. The fraction of sp³-hybridized carbons (Fsp3) is 0.333. The van der Waals surface area contributed by atoms with Crippen molar-refractivity contribution in [3.05, 3.63) is 77.5 Å². The molecule has 1 aliphatic rings. The van der Waals surface area contributed by atoms with E-state index in [2.05, 4.69) is 15.3 Å². The van der Waals surface area contributed by atoms with Crippen molar-refractivity contribution in [3.63, 3.8) is 0 Å². The minimum atomic E-state index is -0.922. The lowest BCUT2D eigenvalue weighted by molar-refractivity contribution is -0.605. The Bertz CT molecular complexity index is 1110. The summed E-state index contributed by atoms with van der Waals surface area (Å²) in [7, 11) is 0. The summed E-state index contributed by atoms with van der Waals surface area (Å²) in [5, 5.41) is 14.1. The molecule has 0 saturated heterocycles. The molecule has 1 amide bonds. The number of nitrogens with zero attached hydrogens (tertiary/aromatic N) is 3. The Balaban J connectivity index is 1.34. The molecular formula is C24H24F2N4O3. The van der Waals surface area contributed by atoms with Crippen LogP contribution in [0.2, 0.25) is 0 Å². The number of carbonyl (C=O) groups excluding carboxylic acids is 1. The first-order chi connectivity index (χ1) is 15.9. The third-order valence-electron chi connectivity index (χ3n) is 6.11. The minimum absolute atomic E-state index is 0.126. The van der Waals surface area contributed by atoms with Gasteiger partial charge in [0.05, 0.1) is 12.4 Å². The number of amides is 1. The van der Waals surface area contributed by atoms with Crippen LogP contribution in [0, 0.1) is 28.7 Å². The molecule has 0 spiro atoms. The topological polar surface area (TPSA) is 91.0 Å². The third-order valence-corrected chi connectivity index (χ3v) is 6.11. The fourth-order valence-corrected chi connectivity index (χ4v) is 4.24. The van der Waals surface area contributed by atoms with Gasteiger partial charge in [-0.25, -0.2) is 18.7 Å². The van der Waals surface area contributed by atoms with E-state index in [9.17, 15) is 18.8 Å². The molecule has 3 heterocycles. The highest BCUT2D eigenvalue weighted by molar-refractivity contribution is 5.91. The van der Waals surface area contributed by atoms with Crippen molar-refractivity contribution in [2.45, 2.75) is 38.5 Å². The van der Waals surface area contributed by atoms with E-state index < -0.39 is 11.6 Å². The number of anilines is 1. The molecule has 33 heavy (non-hydrogen) atoms. The molecule has 172 valence electrons. The van der Waals surface area contributed by atoms with Gasteiger partial charge < -0.3 is 15.3 Å². The first kappa shape index (κ1) is 22.6. The number of rotatable bonds is 6. The summed E-state index contributed by atoms with van der Waals surface area (Å²) in [6.07, 6.45) is 9.12. The molecule has 0 unspecified atom stereocenters. The van der Waals surface area contributed by atoms with E-state index in [-0.39, 0.29) is 29.4 Å². The van der Waals surface area contributed by atoms with Gasteiger partial charge in [-0.2, -0.15) is 4.73 Å². The van der Waals surface area contributed by atoms with Crippen molar-refractivity contribution >= 4 is 11.7 Å². The van der Waals surface area contributed by atoms with Crippen molar-refractivity contribution in [1.82, 2.24) is 9.97 Å². The molecule has 3 aromatic rings. The van der Waals surface area contributed by atoms with Gasteiger partial charge in [0, 0.05) is 24.1 Å². The molecule has 0 bridgehead atoms. The van der Waals surface area contributed by atoms with Gasteiger partial charge >= 0.3 is 0 Å². The number of hydrogen-bond donors (Lipinski definition) is 1. The van der Waals surface area contributed by atoms with Gasteiger partial charge in [0.1, 0.15) is 17.4 Å². The van der Waals surface area contributed by atoms with Crippen LogP contribution in [0.1, 0.15) is 44.1 Å². The molecule has 3 aromatic heterocycles. The standard InChI is InChI=1S/C24H24F2N4O3/c1-15(17-3-2-4-18(11-17)16-7-9-30(32)10-8-16)23(31)29-22-6-5-20(14-27-22)33-24-21(26)12-19(25)13-28-24/h5-10,12-15,17-18H,2-4,11H2,1H3,(H,27,29,31)/t15-,17+,18-/m1/s1. The molecule has 0 aliphatic heterocycles. The minimum Gasteiger partial charge on any atom is -0.619 e. The van der Waals surface area contributed by atoms with E-state index in [1.165, 1.54) is 24.7 Å². The smallest absolute Gasteiger partial charge is 0.256 e. The van der Waals surface area contributed by atoms with Gasteiger partial charge in [-0.15, -0.1) is 0 Å². The van der Waals surface area contributed by atoms with E-state index in [0.717, 1.165) is 42.2 Å². The second-order valence-electron chi connectivity index (χ2n) is 8.31. The maximum absolute atomic E-state index is 13.7. The predicted molar refractivity (Wildman–Crippen MR) is 116 cm³/mol. The molecule has 0 aromatic carbocycles. The zero-order chi connectivity index (χ0) is 23.4. The predicted octanol–water partition coefficient (Wildman–Crippen LogP) is 4.73. The van der Waals surface area contributed by atoms with Gasteiger partial charge in [0.2, 0.25) is 5.91 Å². The zero-order valence-corrected chi connectivity index (χ0v) is 18.1. The van der Waals surface area contributed by atoms with Crippen molar-refractivity contribution in [1.29, 1.82) is 0 Å². The number of hydrogen-bond acceptors (Lipinski definition) is 5. The van der Waals surface area contributed by atoms with Gasteiger partial charge in [-0.3, -0.25) is 4.79 Å². The fourth-order valence-electron chi connectivity index (χ4n) is 4.24. The van der Waals surface area contributed by atoms with Crippen LogP contribution in [-0.2, 0) is 4.79 Å². The first-order valence-corrected chi connectivity index (χ1v) is 10.8. The molecule has 1 saturated carbocycles. The van der Waals surface area contributed by atoms with Gasteiger partial charge in [-0.05, 0) is 48.8 Å². The number of carbonyl (C=O) groups is 1. The molecule has 3 atom stereocenters. The highest BCUT2D eigenvalue weighted by atomic mass is 19.1. The number of ether oxygens (including phenoxy) is 1. The Hall–Kier alpha value is -3.62. The maximum Gasteiger partial charge on any atom is 0.256 e. The average Bonchev–Trinajstić information content (AvgIpc) is 2.82. The van der Waals surface area contributed by atoms with Crippen molar-refractivity contribution in [3.8, 4) is 11.6 Å². The van der Waals surface area contributed by atoms with Crippen LogP contribution in [0.3, 0.4) is 0 Å². The summed E-state index contributed by atoms with van der Waals surface area (Å²) in [5.74, 6) is -1.32. The SMILES string of the molecule is C[C@@H](C(=O)Nc1ccc(Oc2ncc(F)cc2F)cn1)[C@H]1CCC[C@@H](c2cc[n+]([O-])cc2)C1. The number of halogens is 2. The van der Waals surface area contributed by atoms with Crippen molar-refractivity contribution in [2.24, 2.45) is 11.8 Å². The van der Waals surface area contributed by atoms with E-state index in [0.29, 0.717) is 17.8 Å². The van der Waals surface area contributed by atoms with Gasteiger partial charge in [0.15, 0.2) is 18.2 Å². The number of aromatic nitrogens is 3. The number of pyridine rings is 3. The molecule has 1 aliphatic carbocycles. The lowest BCUT2D eigenvalue weighted by atomic mass is 9.73. The van der Waals surface area contributed by atoms with Crippen LogP contribution in [0.5, 0.6) is 11.6 Å². The third kappa shape index (κ3) is 5.60. The monoisotopic (exact) mass is 454 g/mol. The van der Waals surface area contributed by atoms with Gasteiger partial charge in [-0.1, -0.05) is 13.3 Å².